The van der Waals surface area contributed by atoms with Crippen molar-refractivity contribution < 1.29 is 0 Å². The van der Waals surface area contributed by atoms with Gasteiger partial charge in [0.05, 0.1) is 27.8 Å². The molecule has 19 rings (SSSR count). The minimum absolute atomic E-state index is 0.542. The maximum atomic E-state index is 5.51. The maximum Gasteiger partial charge on any atom is 0.166 e. The lowest BCUT2D eigenvalue weighted by Crippen LogP contribution is -2.04. The Bertz CT molecular complexity index is 6330. The number of hydrogen-bond acceptors (Lipinski definition) is 6. The van der Waals surface area contributed by atoms with Crippen LogP contribution in [0.25, 0.3) is 190 Å². The number of aryl methyl sites for hydroxylation is 4. The van der Waals surface area contributed by atoms with Crippen LogP contribution in [-0.2, 0) is 0 Å². The van der Waals surface area contributed by atoms with Gasteiger partial charge in [-0.05, 0) is 179 Å². The Morgan fingerprint density at radius 2 is 0.435 bits per heavy atom. The van der Waals surface area contributed by atoms with Crippen LogP contribution in [0.1, 0.15) is 22.3 Å². The Balaban J connectivity index is 0.837. The van der Waals surface area contributed by atoms with Gasteiger partial charge < -0.3 is 9.13 Å². The van der Waals surface area contributed by atoms with Gasteiger partial charge in [-0.1, -0.05) is 289 Å². The zero-order valence-corrected chi connectivity index (χ0v) is 60.1. The smallest absolute Gasteiger partial charge is 0.166 e. The highest BCUT2D eigenvalue weighted by molar-refractivity contribution is 6.13. The third-order valence-electron chi connectivity index (χ3n) is 20.9. The summed E-state index contributed by atoms with van der Waals surface area (Å²) in [6, 6.07) is 126. The zero-order valence-electron chi connectivity index (χ0n) is 60.1. The molecule has 15 aromatic carbocycles. The average molecular weight is 1380 g/mol. The predicted octanol–water partition coefficient (Wildman–Crippen LogP) is 25.5. The van der Waals surface area contributed by atoms with Gasteiger partial charge in [-0.2, -0.15) is 0 Å². The minimum Gasteiger partial charge on any atom is -0.309 e. The van der Waals surface area contributed by atoms with Crippen LogP contribution in [0, 0.1) is 27.7 Å². The second kappa shape index (κ2) is 27.2. The maximum absolute atomic E-state index is 5.51. The molecule has 0 amide bonds. The molecule has 0 unspecified atom stereocenters. The Kier molecular flexibility index (Phi) is 16.3. The van der Waals surface area contributed by atoms with Gasteiger partial charge in [-0.15, -0.1) is 0 Å². The van der Waals surface area contributed by atoms with E-state index in [1.54, 1.807) is 0 Å². The lowest BCUT2D eigenvalue weighted by molar-refractivity contribution is 1.06. The molecule has 0 saturated carbocycles. The number of nitrogens with zero attached hydrogens (tertiary/aromatic N) is 8. The molecular weight excluding hydrogens is 1310 g/mol. The summed E-state index contributed by atoms with van der Waals surface area (Å²) < 4.78 is 4.83. The van der Waals surface area contributed by atoms with E-state index in [2.05, 4.69) is 316 Å². The Hall–Kier alpha value is -14.1. The third kappa shape index (κ3) is 12.3. The molecule has 0 radical (unpaired) electrons. The molecule has 108 heavy (non-hydrogen) atoms. The fourth-order valence-corrected chi connectivity index (χ4v) is 15.2. The predicted molar refractivity (Wildman–Crippen MR) is 446 cm³/mol. The second-order valence-electron chi connectivity index (χ2n) is 28.2. The molecule has 8 heteroatoms. The molecule has 4 heterocycles. The van der Waals surface area contributed by atoms with Crippen molar-refractivity contribution in [3.63, 3.8) is 0 Å². The number of hydrogen-bond donors (Lipinski definition) is 0. The summed E-state index contributed by atoms with van der Waals surface area (Å²) in [6.45, 7) is 8.55. The highest BCUT2D eigenvalue weighted by Crippen LogP contribution is 2.44. The molecule has 0 aliphatic heterocycles. The first-order valence-electron chi connectivity index (χ1n) is 36.7. The largest absolute Gasteiger partial charge is 0.309 e. The Morgan fingerprint density at radius 1 is 0.176 bits per heavy atom. The lowest BCUT2D eigenvalue weighted by atomic mass is 9.95. The topological polar surface area (TPSA) is 87.2 Å². The SMILES string of the molecule is Cc1ccc(-c2ccc3c(c2)c2cc(-c4ccc(C)cc4)ccc2n3-c2cc(-c3cccc(-c4ccc(-n5c6ccc(-c7ccc(C)cc7)cc6c6cc(-c7ccc(C)cc7)ccc65)c(-c5nc(-c6ccccc6)nc(-c6ccccc6)n5)c4)c3)cc(-c3nc(-c4ccccc4)nc(-c4ccccc4)n3)c2)cc1. The van der Waals surface area contributed by atoms with Crippen molar-refractivity contribution in [2.75, 3.05) is 0 Å². The first kappa shape index (κ1) is 64.7. The van der Waals surface area contributed by atoms with Gasteiger partial charge in [0.1, 0.15) is 0 Å². The van der Waals surface area contributed by atoms with E-state index in [4.69, 9.17) is 29.9 Å². The van der Waals surface area contributed by atoms with E-state index in [0.717, 1.165) is 155 Å². The van der Waals surface area contributed by atoms with Crippen LogP contribution in [0.3, 0.4) is 0 Å². The lowest BCUT2D eigenvalue weighted by Gasteiger charge is -2.17. The highest BCUT2D eigenvalue weighted by Gasteiger charge is 2.24. The first-order valence-corrected chi connectivity index (χ1v) is 36.7. The monoisotopic (exact) mass is 1380 g/mol. The highest BCUT2D eigenvalue weighted by atomic mass is 15.1. The van der Waals surface area contributed by atoms with Gasteiger partial charge in [0.15, 0.2) is 34.9 Å². The molecule has 8 nitrogen and oxygen atoms in total. The summed E-state index contributed by atoms with van der Waals surface area (Å²) in [4.78, 5) is 32.2. The molecular formula is C100H70N8. The van der Waals surface area contributed by atoms with Gasteiger partial charge >= 0.3 is 0 Å². The van der Waals surface area contributed by atoms with Crippen molar-refractivity contribution in [2.24, 2.45) is 0 Å². The second-order valence-corrected chi connectivity index (χ2v) is 28.2. The average Bonchev–Trinajstić information content (AvgIpc) is 1.58. The summed E-state index contributed by atoms with van der Waals surface area (Å²) in [5.41, 5.74) is 29.4. The van der Waals surface area contributed by atoms with Crippen LogP contribution >= 0.6 is 0 Å². The number of benzene rings is 15. The first-order chi connectivity index (χ1) is 53.1. The molecule has 0 atom stereocenters. The summed E-state index contributed by atoms with van der Waals surface area (Å²) in [6.07, 6.45) is 0. The van der Waals surface area contributed by atoms with Crippen LogP contribution < -0.4 is 0 Å². The molecule has 19 aromatic rings. The molecule has 0 saturated heterocycles. The fourth-order valence-electron chi connectivity index (χ4n) is 15.2. The van der Waals surface area contributed by atoms with Crippen LogP contribution in [0.4, 0.5) is 0 Å². The molecule has 510 valence electrons. The van der Waals surface area contributed by atoms with Gasteiger partial charge in [0.25, 0.3) is 0 Å². The van der Waals surface area contributed by atoms with Crippen LogP contribution in [-0.4, -0.2) is 39.0 Å². The van der Waals surface area contributed by atoms with Gasteiger partial charge in [-0.3, -0.25) is 0 Å². The van der Waals surface area contributed by atoms with Crippen molar-refractivity contribution in [1.82, 2.24) is 39.0 Å². The zero-order chi connectivity index (χ0) is 72.3. The molecule has 0 fully saturated rings. The van der Waals surface area contributed by atoms with Crippen molar-refractivity contribution >= 4 is 43.6 Å². The number of fused-ring (bicyclic) bond motifs is 6. The van der Waals surface area contributed by atoms with Gasteiger partial charge in [0.2, 0.25) is 0 Å². The number of aromatic nitrogens is 8. The molecule has 0 spiro atoms. The van der Waals surface area contributed by atoms with E-state index in [1.165, 1.54) is 22.3 Å². The molecule has 0 aliphatic rings. The molecule has 0 aliphatic carbocycles. The molecule has 0 N–H and O–H groups in total. The van der Waals surface area contributed by atoms with Crippen LogP contribution in [0.15, 0.2) is 352 Å². The van der Waals surface area contributed by atoms with Crippen molar-refractivity contribution in [3.05, 3.63) is 374 Å². The van der Waals surface area contributed by atoms with Crippen molar-refractivity contribution in [1.29, 1.82) is 0 Å². The summed E-state index contributed by atoms with van der Waals surface area (Å²) in [5, 5.41) is 4.56. The van der Waals surface area contributed by atoms with Gasteiger partial charge in [0, 0.05) is 60.6 Å². The normalized spacial score (nSPS) is 11.5. The summed E-state index contributed by atoms with van der Waals surface area (Å²) >= 11 is 0. The Morgan fingerprint density at radius 3 is 0.796 bits per heavy atom. The standard InChI is InChI=1S/C100H70N8/c1-63-28-36-67(37-29-63)77-44-49-90-85(58-77)86-59-78(68-38-30-64(2)31-39-68)45-50-91(86)107(90)84-56-82(55-83(57-84)99-103-95(71-18-9-5-10-19-71)101-96(104-99)72-20-11-6-12-21-72)76-27-17-26-75(54-76)81-48-53-94(89(62-81)100-105-97(73-22-13-7-14-23-73)102-98(106-100)74-24-15-8-16-25-74)108-92-51-46-79(69-40-32-65(3)33-41-69)60-87(92)88-61-80(47-52-93(88)108)70-42-34-66(4)35-43-70/h5-62H,1-4H3. The van der Waals surface area contributed by atoms with Gasteiger partial charge in [-0.25, -0.2) is 29.9 Å². The summed E-state index contributed by atoms with van der Waals surface area (Å²) in [5.74, 6) is 3.42. The molecule has 4 aromatic heterocycles. The Labute approximate surface area is 627 Å². The van der Waals surface area contributed by atoms with E-state index in [9.17, 15) is 0 Å². The molecule has 0 bridgehead atoms. The van der Waals surface area contributed by atoms with E-state index < -0.39 is 0 Å². The van der Waals surface area contributed by atoms with Crippen molar-refractivity contribution in [2.45, 2.75) is 27.7 Å². The number of rotatable bonds is 14. The summed E-state index contributed by atoms with van der Waals surface area (Å²) in [7, 11) is 0. The fraction of sp³-hybridized carbons (Fsp3) is 0.0400. The van der Waals surface area contributed by atoms with Crippen LogP contribution in [0.5, 0.6) is 0 Å². The quantitative estimate of drug-likeness (QED) is 0.108. The van der Waals surface area contributed by atoms with Crippen molar-refractivity contribution in [3.8, 4) is 146 Å². The van der Waals surface area contributed by atoms with E-state index in [0.29, 0.717) is 34.9 Å². The van der Waals surface area contributed by atoms with E-state index >= 15 is 0 Å². The third-order valence-corrected chi connectivity index (χ3v) is 20.9. The minimum atomic E-state index is 0.542. The van der Waals surface area contributed by atoms with Crippen LogP contribution in [0.2, 0.25) is 0 Å². The van der Waals surface area contributed by atoms with E-state index in [1.807, 2.05) is 72.8 Å². The van der Waals surface area contributed by atoms with E-state index in [-0.39, 0.29) is 0 Å².